The third-order valence-corrected chi connectivity index (χ3v) is 6.89. The molecule has 2 aromatic rings. The summed E-state index contributed by atoms with van der Waals surface area (Å²) >= 11 is 0.751. The van der Waals surface area contributed by atoms with Gasteiger partial charge in [0.1, 0.15) is 11.6 Å². The van der Waals surface area contributed by atoms with Gasteiger partial charge >= 0.3 is 0 Å². The summed E-state index contributed by atoms with van der Waals surface area (Å²) in [6, 6.07) is 10.4. The third-order valence-electron chi connectivity index (χ3n) is 5.98. The van der Waals surface area contributed by atoms with Gasteiger partial charge in [-0.15, -0.1) is 0 Å². The molecule has 4 rings (SSSR count). The van der Waals surface area contributed by atoms with Gasteiger partial charge in [-0.2, -0.15) is 0 Å². The lowest BCUT2D eigenvalue weighted by Crippen LogP contribution is -2.50. The first kappa shape index (κ1) is 24.1. The van der Waals surface area contributed by atoms with Gasteiger partial charge in [0.05, 0.1) is 11.4 Å². The Kier molecular flexibility index (Phi) is 7.13. The number of nitrogens with zero attached hydrogens (tertiary/aromatic N) is 3. The van der Waals surface area contributed by atoms with Crippen molar-refractivity contribution in [1.82, 2.24) is 14.7 Å². The molecule has 178 valence electrons. The van der Waals surface area contributed by atoms with E-state index in [4.69, 9.17) is 0 Å². The molecule has 2 heterocycles. The van der Waals surface area contributed by atoms with Crippen LogP contribution in [0.25, 0.3) is 6.08 Å². The van der Waals surface area contributed by atoms with Crippen molar-refractivity contribution in [3.8, 4) is 0 Å². The van der Waals surface area contributed by atoms with Crippen LogP contribution in [-0.2, 0) is 11.3 Å². The van der Waals surface area contributed by atoms with Crippen LogP contribution in [0, 0.1) is 11.6 Å². The zero-order chi connectivity index (χ0) is 24.4. The number of hydrogen-bond acceptors (Lipinski definition) is 5. The van der Waals surface area contributed by atoms with Gasteiger partial charge in [0.15, 0.2) is 0 Å². The van der Waals surface area contributed by atoms with E-state index in [1.54, 1.807) is 30.3 Å². The molecule has 0 aliphatic carbocycles. The van der Waals surface area contributed by atoms with E-state index in [-0.39, 0.29) is 22.9 Å². The van der Waals surface area contributed by atoms with Crippen molar-refractivity contribution in [1.29, 1.82) is 0 Å². The molecule has 9 heteroatoms. The van der Waals surface area contributed by atoms with Crippen LogP contribution in [0.3, 0.4) is 0 Å². The number of imide groups is 1. The van der Waals surface area contributed by atoms with Crippen LogP contribution in [0.15, 0.2) is 47.4 Å². The van der Waals surface area contributed by atoms with Gasteiger partial charge in [-0.05, 0) is 55.4 Å². The Balaban J connectivity index is 1.47. The summed E-state index contributed by atoms with van der Waals surface area (Å²) in [4.78, 5) is 43.4. The predicted molar refractivity (Wildman–Crippen MR) is 127 cm³/mol. The SMILES string of the molecule is CC(C)N1CCN(C(=O)c2cccc(C=C3SC(=O)N(Cc4ccc(F)cc4F)C3=O)c2)CC1. The number of piperazine rings is 1. The normalized spacial score (nSPS) is 18.4. The van der Waals surface area contributed by atoms with Gasteiger partial charge < -0.3 is 4.90 Å². The van der Waals surface area contributed by atoms with Gasteiger partial charge in [-0.1, -0.05) is 18.2 Å². The summed E-state index contributed by atoms with van der Waals surface area (Å²) in [5, 5.41) is -0.532. The van der Waals surface area contributed by atoms with Crippen LogP contribution in [0.4, 0.5) is 13.6 Å². The van der Waals surface area contributed by atoms with Gasteiger partial charge in [0.25, 0.3) is 17.1 Å². The van der Waals surface area contributed by atoms with Crippen molar-refractivity contribution >= 4 is 34.9 Å². The highest BCUT2D eigenvalue weighted by Gasteiger charge is 2.35. The van der Waals surface area contributed by atoms with Crippen molar-refractivity contribution < 1.29 is 23.2 Å². The van der Waals surface area contributed by atoms with Crippen molar-refractivity contribution in [3.05, 3.63) is 75.7 Å². The first-order chi connectivity index (χ1) is 16.2. The quantitative estimate of drug-likeness (QED) is 0.589. The molecule has 0 N–H and O–H groups in total. The van der Waals surface area contributed by atoms with E-state index >= 15 is 0 Å². The van der Waals surface area contributed by atoms with Crippen LogP contribution in [0.5, 0.6) is 0 Å². The fourth-order valence-electron chi connectivity index (χ4n) is 3.99. The molecular formula is C25H25F2N3O3S. The maximum atomic E-state index is 14.0. The highest BCUT2D eigenvalue weighted by atomic mass is 32.2. The van der Waals surface area contributed by atoms with Gasteiger partial charge in [0, 0.05) is 49.4 Å². The van der Waals surface area contributed by atoms with E-state index in [1.165, 1.54) is 6.07 Å². The Hall–Kier alpha value is -3.04. The molecule has 0 bridgehead atoms. The minimum absolute atomic E-state index is 0.0510. The van der Waals surface area contributed by atoms with E-state index in [0.717, 1.165) is 41.9 Å². The van der Waals surface area contributed by atoms with Crippen molar-refractivity contribution in [2.45, 2.75) is 26.4 Å². The number of amides is 3. The third kappa shape index (κ3) is 5.20. The molecule has 2 aliphatic heterocycles. The number of rotatable bonds is 5. The van der Waals surface area contributed by atoms with E-state index in [9.17, 15) is 23.2 Å². The standard InChI is InChI=1S/C25H25F2N3O3S/c1-16(2)28-8-10-29(11-9-28)23(31)18-5-3-4-17(12-18)13-22-24(32)30(25(33)34-22)15-19-6-7-20(26)14-21(19)27/h3-7,12-14,16H,8-11,15H2,1-2H3. The number of thioether (sulfide) groups is 1. The molecule has 0 atom stereocenters. The van der Waals surface area contributed by atoms with Crippen molar-refractivity contribution in [3.63, 3.8) is 0 Å². The molecule has 2 aromatic carbocycles. The Morgan fingerprint density at radius 1 is 1.06 bits per heavy atom. The lowest BCUT2D eigenvalue weighted by molar-refractivity contribution is -0.123. The molecule has 34 heavy (non-hydrogen) atoms. The van der Waals surface area contributed by atoms with Crippen molar-refractivity contribution in [2.75, 3.05) is 26.2 Å². The number of carbonyl (C=O) groups excluding carboxylic acids is 3. The number of halogens is 2. The zero-order valence-corrected chi connectivity index (χ0v) is 19.8. The minimum Gasteiger partial charge on any atom is -0.336 e. The maximum Gasteiger partial charge on any atom is 0.293 e. The molecule has 0 unspecified atom stereocenters. The van der Waals surface area contributed by atoms with Crippen LogP contribution in [-0.4, -0.2) is 64.0 Å². The summed E-state index contributed by atoms with van der Waals surface area (Å²) < 4.78 is 27.1. The highest BCUT2D eigenvalue weighted by Crippen LogP contribution is 2.33. The fraction of sp³-hybridized carbons (Fsp3) is 0.320. The minimum atomic E-state index is -0.816. The van der Waals surface area contributed by atoms with Crippen LogP contribution < -0.4 is 0 Å². The molecule has 0 radical (unpaired) electrons. The second-order valence-corrected chi connectivity index (χ2v) is 9.54. The second kappa shape index (κ2) is 10.1. The average molecular weight is 486 g/mol. The summed E-state index contributed by atoms with van der Waals surface area (Å²) in [5.74, 6) is -2.17. The topological polar surface area (TPSA) is 60.9 Å². The molecule has 6 nitrogen and oxygen atoms in total. The van der Waals surface area contributed by atoms with E-state index in [0.29, 0.717) is 30.3 Å². The van der Waals surface area contributed by atoms with Crippen LogP contribution >= 0.6 is 11.8 Å². The van der Waals surface area contributed by atoms with E-state index in [2.05, 4.69) is 18.7 Å². The van der Waals surface area contributed by atoms with Gasteiger partial charge in [-0.3, -0.25) is 24.2 Å². The molecule has 2 fully saturated rings. The summed E-state index contributed by atoms with van der Waals surface area (Å²) in [5.41, 5.74) is 1.18. The monoisotopic (exact) mass is 485 g/mol. The Morgan fingerprint density at radius 3 is 2.47 bits per heavy atom. The lowest BCUT2D eigenvalue weighted by Gasteiger charge is -2.37. The largest absolute Gasteiger partial charge is 0.336 e. The molecule has 2 aliphatic rings. The summed E-state index contributed by atoms with van der Waals surface area (Å²) in [7, 11) is 0. The smallest absolute Gasteiger partial charge is 0.293 e. The second-order valence-electron chi connectivity index (χ2n) is 8.55. The average Bonchev–Trinajstić information content (AvgIpc) is 3.07. The van der Waals surface area contributed by atoms with Crippen LogP contribution in [0.1, 0.15) is 35.3 Å². The molecule has 0 aromatic heterocycles. The summed E-state index contributed by atoms with van der Waals surface area (Å²) in [6.07, 6.45) is 1.55. The Labute approximate surface area is 201 Å². The molecule has 3 amide bonds. The molecular weight excluding hydrogens is 460 g/mol. The lowest BCUT2D eigenvalue weighted by atomic mass is 10.1. The number of benzene rings is 2. The van der Waals surface area contributed by atoms with Gasteiger partial charge in [-0.25, -0.2) is 8.78 Å². The first-order valence-corrected chi connectivity index (χ1v) is 11.9. The zero-order valence-electron chi connectivity index (χ0n) is 19.0. The predicted octanol–water partition coefficient (Wildman–Crippen LogP) is 4.37. The van der Waals surface area contributed by atoms with Gasteiger partial charge in [0.2, 0.25) is 0 Å². The maximum absolute atomic E-state index is 14.0. The number of hydrogen-bond donors (Lipinski definition) is 0. The highest BCUT2D eigenvalue weighted by molar-refractivity contribution is 8.18. The number of carbonyl (C=O) groups is 3. The molecule has 2 saturated heterocycles. The van der Waals surface area contributed by atoms with E-state index < -0.39 is 22.8 Å². The Morgan fingerprint density at radius 2 is 1.79 bits per heavy atom. The first-order valence-electron chi connectivity index (χ1n) is 11.1. The fourth-order valence-corrected chi connectivity index (χ4v) is 4.83. The molecule has 0 saturated carbocycles. The summed E-state index contributed by atoms with van der Waals surface area (Å²) in [6.45, 7) is 6.95. The van der Waals surface area contributed by atoms with E-state index in [1.807, 2.05) is 4.90 Å². The molecule has 0 spiro atoms. The Bertz CT molecular complexity index is 1160. The van der Waals surface area contributed by atoms with Crippen LogP contribution in [0.2, 0.25) is 0 Å². The van der Waals surface area contributed by atoms with Crippen molar-refractivity contribution in [2.24, 2.45) is 0 Å².